The smallest absolute Gasteiger partial charge is 0.390 e. The van der Waals surface area contributed by atoms with E-state index in [0.29, 0.717) is 0 Å². The van der Waals surface area contributed by atoms with Gasteiger partial charge in [-0.15, -0.1) is 0 Å². The van der Waals surface area contributed by atoms with E-state index in [4.69, 9.17) is 25.8 Å². The molecule has 20 nitrogen and oxygen atoms in total. The van der Waals surface area contributed by atoms with Gasteiger partial charge in [0, 0.05) is 4.91 Å². The molecule has 2 aromatic rings. The third kappa shape index (κ3) is 6.11. The van der Waals surface area contributed by atoms with Gasteiger partial charge >= 0.3 is 23.5 Å². The van der Waals surface area contributed by atoms with Crippen molar-refractivity contribution in [1.29, 1.82) is 0 Å². The molecule has 1 aliphatic rings. The van der Waals surface area contributed by atoms with E-state index >= 15 is 0 Å². The average molecular weight is 532 g/mol. The lowest BCUT2D eigenvalue weighted by Gasteiger charge is -2.19. The quantitative estimate of drug-likeness (QED) is 0.104. The van der Waals surface area contributed by atoms with Gasteiger partial charge in [-0.2, -0.15) is 8.62 Å². The molecule has 1 saturated heterocycles. The molecule has 0 saturated carbocycles. The average Bonchev–Trinajstić information content (AvgIpc) is 3.20. The molecule has 0 aliphatic carbocycles. The number of hydrogen-bond donors (Lipinski definition) is 6. The molecule has 33 heavy (non-hydrogen) atoms. The number of nitrogens with zero attached hydrogens (tertiary/aromatic N) is 7. The maximum absolute atomic E-state index is 11.9. The molecule has 0 amide bonds. The van der Waals surface area contributed by atoms with Gasteiger partial charge in [0.25, 0.3) is 0 Å². The highest BCUT2D eigenvalue weighted by molar-refractivity contribution is 7.66. The monoisotopic (exact) mass is 532 g/mol. The van der Waals surface area contributed by atoms with Crippen LogP contribution in [0.4, 0.5) is 5.82 Å². The van der Waals surface area contributed by atoms with Crippen LogP contribution < -0.4 is 5.73 Å². The Kier molecular flexibility index (Phi) is 7.24. The number of aliphatic hydroxyl groups excluding tert-OH is 1. The number of phosphoric ester groups is 1. The highest BCUT2D eigenvalue weighted by Gasteiger charge is 2.47. The zero-order valence-corrected chi connectivity index (χ0v) is 18.5. The molecule has 1 aliphatic heterocycles. The summed E-state index contributed by atoms with van der Waals surface area (Å²) in [5, 5.41) is 13.9. The van der Waals surface area contributed by atoms with Crippen LogP contribution in [-0.4, -0.2) is 69.1 Å². The molecule has 23 heteroatoms. The number of phosphoric acid groups is 3. The van der Waals surface area contributed by atoms with Crippen molar-refractivity contribution in [2.75, 3.05) is 12.3 Å². The first-order chi connectivity index (χ1) is 15.2. The van der Waals surface area contributed by atoms with Crippen LogP contribution in [-0.2, 0) is 31.6 Å². The number of nitrogens with two attached hydrogens (primary N) is 1. The molecule has 7 N–H and O–H groups in total. The Morgan fingerprint density at radius 3 is 2.52 bits per heavy atom. The molecule has 2 aromatic heterocycles. The molecule has 1 fully saturated rings. The van der Waals surface area contributed by atoms with Crippen molar-refractivity contribution in [2.45, 2.75) is 24.5 Å². The van der Waals surface area contributed by atoms with E-state index in [9.17, 15) is 28.6 Å². The zero-order chi connectivity index (χ0) is 24.6. The number of imidazole rings is 1. The minimum atomic E-state index is -5.73. The van der Waals surface area contributed by atoms with Crippen molar-refractivity contribution >= 4 is 40.4 Å². The topological polar surface area (TPSA) is 308 Å². The number of azide groups is 1. The predicted molar refractivity (Wildman–Crippen MR) is 102 cm³/mol. The molecular formula is C10H15N8O12P3. The van der Waals surface area contributed by atoms with Gasteiger partial charge in [0.05, 0.1) is 19.0 Å². The number of nitrogen functional groups attached to an aromatic ring is 1. The number of fused-ring (bicyclic) bond motifs is 1. The van der Waals surface area contributed by atoms with Crippen molar-refractivity contribution in [3.63, 3.8) is 0 Å². The second-order valence-corrected chi connectivity index (χ2v) is 10.6. The molecule has 0 spiro atoms. The van der Waals surface area contributed by atoms with Crippen LogP contribution >= 0.6 is 23.5 Å². The van der Waals surface area contributed by atoms with Crippen molar-refractivity contribution in [3.05, 3.63) is 23.1 Å². The SMILES string of the molecule is [N-]=[N+]=NC1[C@H](n2cnc3c(N)ncnc32)O[C@H](COP(=O)(O)OP(=O)(O)OP(=O)(O)O)[C@H]1O. The molecule has 182 valence electrons. The Labute approximate surface area is 182 Å². The fourth-order valence-electron chi connectivity index (χ4n) is 2.81. The van der Waals surface area contributed by atoms with Crippen LogP contribution in [0.1, 0.15) is 6.23 Å². The van der Waals surface area contributed by atoms with Gasteiger partial charge in [0.1, 0.15) is 30.2 Å². The first kappa shape index (κ1) is 25.6. The lowest BCUT2D eigenvalue weighted by molar-refractivity contribution is -0.0428. The van der Waals surface area contributed by atoms with E-state index in [-0.39, 0.29) is 17.0 Å². The van der Waals surface area contributed by atoms with Crippen molar-refractivity contribution in [1.82, 2.24) is 19.5 Å². The molecular weight excluding hydrogens is 517 g/mol. The Morgan fingerprint density at radius 1 is 1.18 bits per heavy atom. The van der Waals surface area contributed by atoms with Crippen LogP contribution in [0.25, 0.3) is 21.6 Å². The zero-order valence-electron chi connectivity index (χ0n) is 15.8. The van der Waals surface area contributed by atoms with Gasteiger partial charge in [0.2, 0.25) is 0 Å². The van der Waals surface area contributed by atoms with Gasteiger partial charge in [-0.05, 0) is 5.53 Å². The number of aliphatic hydroxyl groups is 1. The Bertz CT molecular complexity index is 1230. The van der Waals surface area contributed by atoms with Crippen LogP contribution in [0.3, 0.4) is 0 Å². The second-order valence-electron chi connectivity index (χ2n) is 6.22. The molecule has 3 heterocycles. The van der Waals surface area contributed by atoms with Gasteiger partial charge in [-0.25, -0.2) is 28.6 Å². The van der Waals surface area contributed by atoms with E-state index in [1.54, 1.807) is 0 Å². The standard InChI is InChI=1S/C10H15N8O12P3/c11-8-6-9(14-2-13-8)18(3-15-6)10-5(16-17-12)7(19)4(28-10)1-27-32(23,24)30-33(25,26)29-31(20,21)22/h2-5,7,10,19H,1H2,(H,23,24)(H,25,26)(H2,11,13,14)(H2,20,21,22)/t4-,5?,7-,10-/m1/s1. The Hall–Kier alpha value is -2.01. The summed E-state index contributed by atoms with van der Waals surface area (Å²) in [4.78, 5) is 50.2. The van der Waals surface area contributed by atoms with E-state index < -0.39 is 54.6 Å². The minimum Gasteiger partial charge on any atom is -0.390 e. The normalized spacial score (nSPS) is 27.1. The fraction of sp³-hybridized carbons (Fsp3) is 0.500. The van der Waals surface area contributed by atoms with Crippen LogP contribution in [0.15, 0.2) is 17.8 Å². The lowest BCUT2D eigenvalue weighted by Crippen LogP contribution is -2.32. The second kappa shape index (κ2) is 9.32. The fourth-order valence-corrected chi connectivity index (χ4v) is 5.84. The molecule has 0 bridgehead atoms. The number of aromatic nitrogens is 4. The van der Waals surface area contributed by atoms with Crippen molar-refractivity contribution in [3.8, 4) is 0 Å². The van der Waals surface area contributed by atoms with E-state index in [0.717, 1.165) is 6.33 Å². The van der Waals surface area contributed by atoms with Crippen LogP contribution in [0, 0.1) is 0 Å². The summed E-state index contributed by atoms with van der Waals surface area (Å²) >= 11 is 0. The van der Waals surface area contributed by atoms with Gasteiger partial charge in [-0.1, -0.05) is 5.11 Å². The minimum absolute atomic E-state index is 0.0295. The molecule has 0 aromatic carbocycles. The summed E-state index contributed by atoms with van der Waals surface area (Å²) in [6, 6.07) is -1.32. The highest BCUT2D eigenvalue weighted by Crippen LogP contribution is 2.66. The number of ether oxygens (including phenoxy) is 1. The summed E-state index contributed by atoms with van der Waals surface area (Å²) in [7, 11) is -16.8. The number of rotatable bonds is 9. The molecule has 0 radical (unpaired) electrons. The van der Waals surface area contributed by atoms with Crippen molar-refractivity contribution < 1.29 is 56.3 Å². The van der Waals surface area contributed by atoms with Gasteiger partial charge < -0.3 is 35.2 Å². The Morgan fingerprint density at radius 2 is 1.88 bits per heavy atom. The first-order valence-corrected chi connectivity index (χ1v) is 12.8. The first-order valence-electron chi connectivity index (χ1n) is 8.32. The summed E-state index contributed by atoms with van der Waals surface area (Å²) < 4.78 is 52.4. The lowest BCUT2D eigenvalue weighted by atomic mass is 10.1. The Balaban J connectivity index is 1.77. The maximum atomic E-state index is 11.9. The summed E-state index contributed by atoms with van der Waals surface area (Å²) in [6.07, 6.45) is -2.01. The van der Waals surface area contributed by atoms with E-state index in [1.807, 2.05) is 0 Å². The van der Waals surface area contributed by atoms with Crippen LogP contribution in [0.2, 0.25) is 0 Å². The maximum Gasteiger partial charge on any atom is 0.490 e. The van der Waals surface area contributed by atoms with E-state index in [2.05, 4.69) is 38.1 Å². The predicted octanol–water partition coefficient (Wildman–Crippen LogP) is -0.311. The molecule has 6 atom stereocenters. The van der Waals surface area contributed by atoms with Gasteiger partial charge in [0.15, 0.2) is 11.5 Å². The summed E-state index contributed by atoms with van der Waals surface area (Å²) in [6.45, 7) is -0.970. The molecule has 3 rings (SSSR count). The summed E-state index contributed by atoms with van der Waals surface area (Å²) in [5.41, 5.74) is 14.9. The van der Waals surface area contributed by atoms with Crippen molar-refractivity contribution in [2.24, 2.45) is 5.11 Å². The summed E-state index contributed by atoms with van der Waals surface area (Å²) in [5.74, 6) is 0.0295. The largest absolute Gasteiger partial charge is 0.490 e. The third-order valence-corrected chi connectivity index (χ3v) is 7.80. The highest BCUT2D eigenvalue weighted by atomic mass is 31.3. The van der Waals surface area contributed by atoms with E-state index in [1.165, 1.54) is 10.9 Å². The number of hydrogen-bond acceptors (Lipinski definition) is 13. The van der Waals surface area contributed by atoms with Crippen LogP contribution in [0.5, 0.6) is 0 Å². The van der Waals surface area contributed by atoms with Gasteiger partial charge in [-0.3, -0.25) is 9.09 Å². The third-order valence-electron chi connectivity index (χ3n) is 4.00. The number of anilines is 1. The molecule has 3 unspecified atom stereocenters.